The Hall–Kier alpha value is -2.37. The summed E-state index contributed by atoms with van der Waals surface area (Å²) in [4.78, 5) is 15.9. The third-order valence-electron chi connectivity index (χ3n) is 4.13. The van der Waals surface area contributed by atoms with Crippen LogP contribution in [0.15, 0.2) is 28.8 Å². The van der Waals surface area contributed by atoms with E-state index in [0.717, 1.165) is 56.4 Å². The summed E-state index contributed by atoms with van der Waals surface area (Å²) in [6.07, 6.45) is 5.87. The van der Waals surface area contributed by atoms with E-state index in [1.54, 1.807) is 7.11 Å². The molecule has 0 bridgehead atoms. The van der Waals surface area contributed by atoms with Crippen LogP contribution in [0.5, 0.6) is 5.75 Å². The van der Waals surface area contributed by atoms with E-state index in [-0.39, 0.29) is 5.91 Å². The second-order valence-corrected chi connectivity index (χ2v) is 6.12. The van der Waals surface area contributed by atoms with Crippen LogP contribution in [0.2, 0.25) is 0 Å². The van der Waals surface area contributed by atoms with Crippen LogP contribution in [0, 0.1) is 5.92 Å². The molecule has 0 saturated heterocycles. The van der Waals surface area contributed by atoms with Gasteiger partial charge in [0.1, 0.15) is 5.75 Å². The molecule has 128 valence electrons. The number of amides is 1. The lowest BCUT2D eigenvalue weighted by Gasteiger charge is -2.03. The zero-order chi connectivity index (χ0) is 16.8. The van der Waals surface area contributed by atoms with Crippen molar-refractivity contribution in [2.24, 2.45) is 5.92 Å². The van der Waals surface area contributed by atoms with Crippen molar-refractivity contribution in [1.82, 2.24) is 15.5 Å². The van der Waals surface area contributed by atoms with E-state index in [4.69, 9.17) is 9.26 Å². The van der Waals surface area contributed by atoms with Crippen LogP contribution in [0.4, 0.5) is 0 Å². The van der Waals surface area contributed by atoms with E-state index in [2.05, 4.69) is 15.5 Å². The molecule has 0 spiro atoms. The lowest BCUT2D eigenvalue weighted by molar-refractivity contribution is -0.122. The van der Waals surface area contributed by atoms with Gasteiger partial charge in [-0.05, 0) is 49.9 Å². The molecule has 0 unspecified atom stereocenters. The van der Waals surface area contributed by atoms with E-state index >= 15 is 0 Å². The molecule has 1 aromatic carbocycles. The number of carbonyl (C=O) groups excluding carboxylic acids is 1. The summed E-state index contributed by atoms with van der Waals surface area (Å²) in [5.41, 5.74) is 0.911. The normalized spacial score (nSPS) is 13.7. The van der Waals surface area contributed by atoms with Gasteiger partial charge >= 0.3 is 0 Å². The minimum absolute atomic E-state index is 0.219. The van der Waals surface area contributed by atoms with Crippen molar-refractivity contribution in [3.8, 4) is 17.1 Å². The van der Waals surface area contributed by atoms with E-state index in [1.807, 2.05) is 24.3 Å². The Morgan fingerprint density at radius 1 is 1.25 bits per heavy atom. The highest BCUT2D eigenvalue weighted by molar-refractivity contribution is 5.80. The monoisotopic (exact) mass is 329 g/mol. The van der Waals surface area contributed by atoms with Crippen molar-refractivity contribution < 1.29 is 14.1 Å². The van der Waals surface area contributed by atoms with Gasteiger partial charge in [-0.2, -0.15) is 4.98 Å². The Labute approximate surface area is 141 Å². The molecule has 1 aromatic heterocycles. The highest BCUT2D eigenvalue weighted by Crippen LogP contribution is 2.28. The number of hydrogen-bond acceptors (Lipinski definition) is 5. The lowest BCUT2D eigenvalue weighted by atomic mass is 10.2. The standard InChI is InChI=1S/C18H23N3O3/c1-23-15-10-8-13(9-11-15)17-20-16(24-21-17)5-3-2-4-12-19-18(22)14-6-7-14/h8-11,14H,2-7,12H2,1H3,(H,19,22). The number of aryl methyl sites for hydroxylation is 1. The first-order chi connectivity index (χ1) is 11.8. The van der Waals surface area contributed by atoms with E-state index in [1.165, 1.54) is 0 Å². The molecule has 0 aliphatic heterocycles. The summed E-state index contributed by atoms with van der Waals surface area (Å²) in [5, 5.41) is 7.00. The van der Waals surface area contributed by atoms with Crippen molar-refractivity contribution >= 4 is 5.91 Å². The number of ether oxygens (including phenoxy) is 1. The Kier molecular flexibility index (Phi) is 5.46. The molecule has 1 N–H and O–H groups in total. The maximum Gasteiger partial charge on any atom is 0.226 e. The van der Waals surface area contributed by atoms with Gasteiger partial charge in [0.15, 0.2) is 0 Å². The smallest absolute Gasteiger partial charge is 0.226 e. The van der Waals surface area contributed by atoms with Gasteiger partial charge in [-0.25, -0.2) is 0 Å². The average Bonchev–Trinajstić information content (AvgIpc) is 3.37. The summed E-state index contributed by atoms with van der Waals surface area (Å²) in [7, 11) is 1.64. The molecule has 1 fully saturated rings. The minimum atomic E-state index is 0.219. The summed E-state index contributed by atoms with van der Waals surface area (Å²) in [6, 6.07) is 7.58. The number of unbranched alkanes of at least 4 members (excludes halogenated alkanes) is 2. The molecule has 3 rings (SSSR count). The fraction of sp³-hybridized carbons (Fsp3) is 0.500. The molecular weight excluding hydrogens is 306 g/mol. The summed E-state index contributed by atoms with van der Waals surface area (Å²) < 4.78 is 10.4. The van der Waals surface area contributed by atoms with E-state index < -0.39 is 0 Å². The van der Waals surface area contributed by atoms with Crippen molar-refractivity contribution in [3.05, 3.63) is 30.2 Å². The van der Waals surface area contributed by atoms with Crippen molar-refractivity contribution in [2.75, 3.05) is 13.7 Å². The summed E-state index contributed by atoms with van der Waals surface area (Å²) in [6.45, 7) is 0.760. The Morgan fingerprint density at radius 3 is 2.75 bits per heavy atom. The molecule has 1 saturated carbocycles. The third-order valence-corrected chi connectivity index (χ3v) is 4.13. The molecule has 6 heteroatoms. The first-order valence-corrected chi connectivity index (χ1v) is 8.51. The number of methoxy groups -OCH3 is 1. The zero-order valence-corrected chi connectivity index (χ0v) is 14.0. The van der Waals surface area contributed by atoms with Crippen LogP contribution >= 0.6 is 0 Å². The largest absolute Gasteiger partial charge is 0.497 e. The molecule has 1 aliphatic rings. The number of hydrogen-bond donors (Lipinski definition) is 1. The maximum atomic E-state index is 11.5. The fourth-order valence-electron chi connectivity index (χ4n) is 2.49. The van der Waals surface area contributed by atoms with E-state index in [0.29, 0.717) is 17.6 Å². The number of benzene rings is 1. The average molecular weight is 329 g/mol. The molecule has 0 atom stereocenters. The van der Waals surface area contributed by atoms with Crippen LogP contribution in [-0.4, -0.2) is 29.7 Å². The fourth-order valence-corrected chi connectivity index (χ4v) is 2.49. The van der Waals surface area contributed by atoms with Crippen LogP contribution in [0.3, 0.4) is 0 Å². The molecule has 0 radical (unpaired) electrons. The molecule has 24 heavy (non-hydrogen) atoms. The molecule has 1 amide bonds. The van der Waals surface area contributed by atoms with Gasteiger partial charge in [-0.3, -0.25) is 4.79 Å². The number of carbonyl (C=O) groups is 1. The van der Waals surface area contributed by atoms with Gasteiger partial charge in [0, 0.05) is 24.4 Å². The van der Waals surface area contributed by atoms with Gasteiger partial charge in [0.25, 0.3) is 0 Å². The van der Waals surface area contributed by atoms with Crippen LogP contribution < -0.4 is 10.1 Å². The van der Waals surface area contributed by atoms with Crippen molar-refractivity contribution in [1.29, 1.82) is 0 Å². The number of nitrogens with zero attached hydrogens (tertiary/aromatic N) is 2. The first kappa shape index (κ1) is 16.5. The Balaban J connectivity index is 1.37. The van der Waals surface area contributed by atoms with Crippen LogP contribution in [0.25, 0.3) is 11.4 Å². The predicted molar refractivity (Wildman–Crippen MR) is 89.6 cm³/mol. The molecule has 2 aromatic rings. The summed E-state index contributed by atoms with van der Waals surface area (Å²) in [5.74, 6) is 2.57. The van der Waals surface area contributed by atoms with Gasteiger partial charge in [0.05, 0.1) is 7.11 Å². The molecule has 6 nitrogen and oxygen atoms in total. The first-order valence-electron chi connectivity index (χ1n) is 8.51. The topological polar surface area (TPSA) is 77.3 Å². The van der Waals surface area contributed by atoms with Crippen LogP contribution in [-0.2, 0) is 11.2 Å². The summed E-state index contributed by atoms with van der Waals surface area (Å²) >= 11 is 0. The molecular formula is C18H23N3O3. The van der Waals surface area contributed by atoms with Crippen molar-refractivity contribution in [3.63, 3.8) is 0 Å². The Morgan fingerprint density at radius 2 is 2.04 bits per heavy atom. The highest BCUT2D eigenvalue weighted by Gasteiger charge is 2.28. The quantitative estimate of drug-likeness (QED) is 0.716. The minimum Gasteiger partial charge on any atom is -0.497 e. The lowest BCUT2D eigenvalue weighted by Crippen LogP contribution is -2.25. The number of nitrogens with one attached hydrogen (secondary N) is 1. The second kappa shape index (κ2) is 7.95. The van der Waals surface area contributed by atoms with Gasteiger partial charge in [-0.15, -0.1) is 0 Å². The van der Waals surface area contributed by atoms with Gasteiger partial charge < -0.3 is 14.6 Å². The van der Waals surface area contributed by atoms with Crippen LogP contribution in [0.1, 0.15) is 38.0 Å². The third kappa shape index (κ3) is 4.57. The second-order valence-electron chi connectivity index (χ2n) is 6.12. The van der Waals surface area contributed by atoms with Gasteiger partial charge in [0.2, 0.25) is 17.6 Å². The number of aromatic nitrogens is 2. The van der Waals surface area contributed by atoms with Gasteiger partial charge in [-0.1, -0.05) is 11.6 Å². The van der Waals surface area contributed by atoms with Crippen molar-refractivity contribution in [2.45, 2.75) is 38.5 Å². The molecule has 1 aliphatic carbocycles. The predicted octanol–water partition coefficient (Wildman–Crippen LogP) is 2.98. The Bertz CT molecular complexity index is 662. The molecule has 1 heterocycles. The highest BCUT2D eigenvalue weighted by atomic mass is 16.5. The zero-order valence-electron chi connectivity index (χ0n) is 14.0. The SMILES string of the molecule is COc1ccc(-c2noc(CCCCCNC(=O)C3CC3)n2)cc1. The van der Waals surface area contributed by atoms with E-state index in [9.17, 15) is 4.79 Å². The number of rotatable bonds is 9. The maximum absolute atomic E-state index is 11.5.